The summed E-state index contributed by atoms with van der Waals surface area (Å²) in [6.07, 6.45) is 2.32. The molecule has 6 heteroatoms. The average molecular weight is 415 g/mol. The molecule has 0 amide bonds. The van der Waals surface area contributed by atoms with Gasteiger partial charge in [-0.25, -0.2) is 4.79 Å². The van der Waals surface area contributed by atoms with Gasteiger partial charge in [-0.3, -0.25) is 5.41 Å². The molecule has 1 unspecified atom stereocenters. The molecule has 0 heterocycles. The van der Waals surface area contributed by atoms with E-state index in [1.54, 1.807) is 42.5 Å². The van der Waals surface area contributed by atoms with Crippen LogP contribution >= 0.6 is 0 Å². The zero-order chi connectivity index (χ0) is 22.2. The van der Waals surface area contributed by atoms with Crippen LogP contribution in [0.4, 0.5) is 5.69 Å². The van der Waals surface area contributed by atoms with Gasteiger partial charge in [0.05, 0.1) is 0 Å². The van der Waals surface area contributed by atoms with Gasteiger partial charge in [0.15, 0.2) is 6.04 Å². The number of allylic oxidation sites excluding steroid dienone is 1. The van der Waals surface area contributed by atoms with Crippen molar-refractivity contribution in [2.45, 2.75) is 19.1 Å². The van der Waals surface area contributed by atoms with Crippen LogP contribution < -0.4 is 15.8 Å². The SMILES string of the molecule is C=CCc1cc(C(Nc2ccc(C(=N)N)cc2)C(=O)O)ccc1OCc1ccccc1. The summed E-state index contributed by atoms with van der Waals surface area (Å²) in [7, 11) is 0. The standard InChI is InChI=1S/C25H25N3O3/c1-2-6-19-15-20(11-14-22(19)31-16-17-7-4-3-5-8-17)23(25(29)30)28-21-12-9-18(10-13-21)24(26)27/h2-5,7-15,23,28H,1,6,16H2,(H3,26,27)(H,29,30). The lowest BCUT2D eigenvalue weighted by atomic mass is 10.0. The molecule has 3 rings (SSSR count). The third-order valence-electron chi connectivity index (χ3n) is 4.77. The van der Waals surface area contributed by atoms with Gasteiger partial charge in [0.1, 0.15) is 18.2 Å². The van der Waals surface area contributed by atoms with Crippen molar-refractivity contribution in [1.82, 2.24) is 0 Å². The highest BCUT2D eigenvalue weighted by Crippen LogP contribution is 2.28. The van der Waals surface area contributed by atoms with E-state index in [-0.39, 0.29) is 5.84 Å². The normalized spacial score (nSPS) is 11.4. The molecule has 158 valence electrons. The third kappa shape index (κ3) is 5.73. The van der Waals surface area contributed by atoms with E-state index < -0.39 is 12.0 Å². The molecule has 1 atom stereocenters. The maximum Gasteiger partial charge on any atom is 0.330 e. The second-order valence-corrected chi connectivity index (χ2v) is 7.04. The van der Waals surface area contributed by atoms with Gasteiger partial charge >= 0.3 is 5.97 Å². The first kappa shape index (κ1) is 21.6. The number of nitrogen functional groups attached to an aromatic ring is 1. The summed E-state index contributed by atoms with van der Waals surface area (Å²) in [5.41, 5.74) is 9.19. The Bertz CT molecular complexity index is 1060. The quantitative estimate of drug-likeness (QED) is 0.221. The second kappa shape index (κ2) is 10.1. The van der Waals surface area contributed by atoms with Crippen LogP contribution in [0.2, 0.25) is 0 Å². The number of aliphatic carboxylic acids is 1. The van der Waals surface area contributed by atoms with E-state index in [0.29, 0.717) is 35.6 Å². The van der Waals surface area contributed by atoms with Crippen LogP contribution in [0.25, 0.3) is 0 Å². The lowest BCUT2D eigenvalue weighted by molar-refractivity contribution is -0.138. The third-order valence-corrected chi connectivity index (χ3v) is 4.77. The molecule has 0 aliphatic carbocycles. The Kier molecular flexibility index (Phi) is 7.06. The number of benzene rings is 3. The van der Waals surface area contributed by atoms with Crippen molar-refractivity contribution in [3.63, 3.8) is 0 Å². The molecule has 0 aromatic heterocycles. The lowest BCUT2D eigenvalue weighted by Gasteiger charge is -2.19. The Labute approximate surface area is 181 Å². The summed E-state index contributed by atoms with van der Waals surface area (Å²) in [4.78, 5) is 12.0. The molecule has 0 bridgehead atoms. The Morgan fingerprint density at radius 2 is 1.84 bits per heavy atom. The molecule has 0 saturated heterocycles. The first-order valence-electron chi connectivity index (χ1n) is 9.82. The predicted octanol–water partition coefficient (Wildman–Crippen LogP) is 4.52. The predicted molar refractivity (Wildman–Crippen MR) is 123 cm³/mol. The van der Waals surface area contributed by atoms with Gasteiger partial charge < -0.3 is 20.9 Å². The fraction of sp³-hybridized carbons (Fsp3) is 0.120. The Morgan fingerprint density at radius 3 is 2.45 bits per heavy atom. The molecule has 0 aliphatic rings. The molecule has 0 spiro atoms. The molecule has 31 heavy (non-hydrogen) atoms. The highest BCUT2D eigenvalue weighted by Gasteiger charge is 2.21. The summed E-state index contributed by atoms with van der Waals surface area (Å²) < 4.78 is 5.98. The van der Waals surface area contributed by atoms with Crippen LogP contribution in [0.5, 0.6) is 5.75 Å². The van der Waals surface area contributed by atoms with Gasteiger partial charge in [-0.05, 0) is 59.5 Å². The smallest absolute Gasteiger partial charge is 0.330 e. The van der Waals surface area contributed by atoms with Crippen molar-refractivity contribution in [3.8, 4) is 5.75 Å². The van der Waals surface area contributed by atoms with Crippen LogP contribution in [-0.4, -0.2) is 16.9 Å². The maximum absolute atomic E-state index is 12.0. The minimum Gasteiger partial charge on any atom is -0.489 e. The number of carboxylic acids is 1. The van der Waals surface area contributed by atoms with Crippen molar-refractivity contribution in [1.29, 1.82) is 5.41 Å². The number of rotatable bonds is 10. The minimum atomic E-state index is -1.00. The van der Waals surface area contributed by atoms with Gasteiger partial charge in [-0.15, -0.1) is 6.58 Å². The molecule has 0 aliphatic heterocycles. The summed E-state index contributed by atoms with van der Waals surface area (Å²) in [5, 5.41) is 20.3. The number of amidine groups is 1. The highest BCUT2D eigenvalue weighted by atomic mass is 16.5. The van der Waals surface area contributed by atoms with Crippen LogP contribution in [0.15, 0.2) is 85.5 Å². The fourth-order valence-corrected chi connectivity index (χ4v) is 3.17. The van der Waals surface area contributed by atoms with Gasteiger partial charge in [-0.2, -0.15) is 0 Å². The molecular formula is C25H25N3O3. The van der Waals surface area contributed by atoms with Crippen LogP contribution in [-0.2, 0) is 17.8 Å². The van der Waals surface area contributed by atoms with E-state index in [4.69, 9.17) is 15.9 Å². The Morgan fingerprint density at radius 1 is 1.13 bits per heavy atom. The van der Waals surface area contributed by atoms with Crippen LogP contribution in [0.1, 0.15) is 28.3 Å². The van der Waals surface area contributed by atoms with E-state index in [0.717, 1.165) is 11.1 Å². The highest BCUT2D eigenvalue weighted by molar-refractivity contribution is 5.95. The molecule has 0 radical (unpaired) electrons. The molecule has 0 saturated carbocycles. The zero-order valence-electron chi connectivity index (χ0n) is 17.0. The molecule has 5 N–H and O–H groups in total. The fourth-order valence-electron chi connectivity index (χ4n) is 3.17. The number of anilines is 1. The van der Waals surface area contributed by atoms with E-state index in [9.17, 15) is 9.90 Å². The Balaban J connectivity index is 1.82. The van der Waals surface area contributed by atoms with Crippen molar-refractivity contribution < 1.29 is 14.6 Å². The van der Waals surface area contributed by atoms with E-state index in [2.05, 4.69) is 11.9 Å². The molecule has 3 aromatic carbocycles. The second-order valence-electron chi connectivity index (χ2n) is 7.04. The van der Waals surface area contributed by atoms with Gasteiger partial charge in [0.2, 0.25) is 0 Å². The van der Waals surface area contributed by atoms with E-state index >= 15 is 0 Å². The largest absolute Gasteiger partial charge is 0.489 e. The molecule has 3 aromatic rings. The van der Waals surface area contributed by atoms with Crippen molar-refractivity contribution in [3.05, 3.63) is 108 Å². The summed E-state index contributed by atoms with van der Waals surface area (Å²) >= 11 is 0. The number of hydrogen-bond acceptors (Lipinski definition) is 4. The first-order chi connectivity index (χ1) is 15.0. The van der Waals surface area contributed by atoms with Crippen molar-refractivity contribution in [2.24, 2.45) is 5.73 Å². The van der Waals surface area contributed by atoms with Crippen molar-refractivity contribution in [2.75, 3.05) is 5.32 Å². The van der Waals surface area contributed by atoms with Crippen molar-refractivity contribution >= 4 is 17.5 Å². The Hall–Kier alpha value is -4.06. The number of carbonyl (C=O) groups is 1. The topological polar surface area (TPSA) is 108 Å². The van der Waals surface area contributed by atoms with Gasteiger partial charge in [-0.1, -0.05) is 42.5 Å². The number of nitrogens with one attached hydrogen (secondary N) is 2. The molecule has 6 nitrogen and oxygen atoms in total. The molecule has 0 fully saturated rings. The van der Waals surface area contributed by atoms with Gasteiger partial charge in [0, 0.05) is 11.3 Å². The number of nitrogens with two attached hydrogens (primary N) is 1. The number of carboxylic acid groups (broad SMARTS) is 1. The lowest BCUT2D eigenvalue weighted by Crippen LogP contribution is -2.21. The summed E-state index contributed by atoms with van der Waals surface area (Å²) in [6, 6.07) is 21.0. The number of ether oxygens (including phenoxy) is 1. The zero-order valence-corrected chi connectivity index (χ0v) is 17.0. The van der Waals surface area contributed by atoms with E-state index in [1.807, 2.05) is 36.4 Å². The van der Waals surface area contributed by atoms with E-state index in [1.165, 1.54) is 0 Å². The van der Waals surface area contributed by atoms with Crippen LogP contribution in [0, 0.1) is 5.41 Å². The van der Waals surface area contributed by atoms with Crippen LogP contribution in [0.3, 0.4) is 0 Å². The summed E-state index contributed by atoms with van der Waals surface area (Å²) in [5.74, 6) is -0.345. The minimum absolute atomic E-state index is 0.0403. The molecular weight excluding hydrogens is 390 g/mol. The summed E-state index contributed by atoms with van der Waals surface area (Å²) in [6.45, 7) is 4.22. The average Bonchev–Trinajstić information content (AvgIpc) is 2.77. The first-order valence-corrected chi connectivity index (χ1v) is 9.82. The van der Waals surface area contributed by atoms with Gasteiger partial charge in [0.25, 0.3) is 0 Å². The maximum atomic E-state index is 12.0. The monoisotopic (exact) mass is 415 g/mol. The number of hydrogen-bond donors (Lipinski definition) is 4.